The van der Waals surface area contributed by atoms with Crippen molar-refractivity contribution in [2.24, 2.45) is 0 Å². The summed E-state index contributed by atoms with van der Waals surface area (Å²) in [6.45, 7) is 2.82. The number of anilines is 1. The minimum absolute atomic E-state index is 0.125. The van der Waals surface area contributed by atoms with E-state index in [4.69, 9.17) is 4.52 Å². The lowest BCUT2D eigenvalue weighted by molar-refractivity contribution is 0.273. The lowest BCUT2D eigenvalue weighted by Crippen LogP contribution is -2.36. The number of hydrogen-bond donors (Lipinski definition) is 1. The molecule has 1 saturated carbocycles. The SMILES string of the molecule is CCNc1cnc(-c2nc(C3(c4ccccc4)CCC3)no2)cn1. The normalized spacial score (nSPS) is 15.7. The monoisotopic (exact) mass is 321 g/mol. The highest BCUT2D eigenvalue weighted by Gasteiger charge is 2.44. The van der Waals surface area contributed by atoms with E-state index in [1.165, 1.54) is 12.0 Å². The standard InChI is InChI=1S/C18H19N5O/c1-2-19-15-12-20-14(11-21-15)16-22-17(23-24-16)18(9-6-10-18)13-7-4-3-5-8-13/h3-5,7-8,11-12H,2,6,9-10H2,1H3,(H,19,21). The average molecular weight is 321 g/mol. The average Bonchev–Trinajstić information content (AvgIpc) is 3.06. The quantitative estimate of drug-likeness (QED) is 0.776. The van der Waals surface area contributed by atoms with Crippen LogP contribution in [0.3, 0.4) is 0 Å². The van der Waals surface area contributed by atoms with Gasteiger partial charge in [0.05, 0.1) is 17.8 Å². The first-order chi connectivity index (χ1) is 11.8. The van der Waals surface area contributed by atoms with Gasteiger partial charge in [0.15, 0.2) is 5.82 Å². The maximum Gasteiger partial charge on any atom is 0.278 e. The molecule has 1 aromatic carbocycles. The number of nitrogens with one attached hydrogen (secondary N) is 1. The van der Waals surface area contributed by atoms with Gasteiger partial charge in [-0.1, -0.05) is 41.9 Å². The van der Waals surface area contributed by atoms with Crippen LogP contribution < -0.4 is 5.32 Å². The van der Waals surface area contributed by atoms with Crippen molar-refractivity contribution in [3.63, 3.8) is 0 Å². The van der Waals surface area contributed by atoms with E-state index in [0.717, 1.165) is 31.0 Å². The first-order valence-electron chi connectivity index (χ1n) is 8.28. The highest BCUT2D eigenvalue weighted by molar-refractivity contribution is 5.48. The Bertz CT molecular complexity index is 809. The third-order valence-electron chi connectivity index (χ3n) is 4.62. The van der Waals surface area contributed by atoms with Gasteiger partial charge in [-0.2, -0.15) is 4.98 Å². The zero-order valence-corrected chi connectivity index (χ0v) is 13.6. The molecule has 24 heavy (non-hydrogen) atoms. The molecular formula is C18H19N5O. The summed E-state index contributed by atoms with van der Waals surface area (Å²) in [4.78, 5) is 13.3. The molecule has 0 saturated heterocycles. The Morgan fingerprint density at radius 2 is 1.96 bits per heavy atom. The van der Waals surface area contributed by atoms with Crippen molar-refractivity contribution in [2.45, 2.75) is 31.6 Å². The predicted molar refractivity (Wildman–Crippen MR) is 90.6 cm³/mol. The molecule has 1 fully saturated rings. The van der Waals surface area contributed by atoms with Crippen molar-refractivity contribution < 1.29 is 4.52 Å². The van der Waals surface area contributed by atoms with Gasteiger partial charge < -0.3 is 9.84 Å². The predicted octanol–water partition coefficient (Wildman–Crippen LogP) is 3.43. The molecule has 4 rings (SSSR count). The molecule has 1 N–H and O–H groups in total. The third-order valence-corrected chi connectivity index (χ3v) is 4.62. The Morgan fingerprint density at radius 3 is 2.58 bits per heavy atom. The van der Waals surface area contributed by atoms with E-state index in [2.05, 4.69) is 49.7 Å². The maximum atomic E-state index is 5.47. The Labute approximate surface area is 140 Å². The van der Waals surface area contributed by atoms with Crippen molar-refractivity contribution in [2.75, 3.05) is 11.9 Å². The topological polar surface area (TPSA) is 76.7 Å². The number of aromatic nitrogens is 4. The molecule has 1 aliphatic carbocycles. The minimum Gasteiger partial charge on any atom is -0.369 e. The van der Waals surface area contributed by atoms with Gasteiger partial charge in [0.1, 0.15) is 11.5 Å². The maximum absolute atomic E-state index is 5.47. The van der Waals surface area contributed by atoms with Crippen molar-refractivity contribution in [1.82, 2.24) is 20.1 Å². The van der Waals surface area contributed by atoms with Gasteiger partial charge in [0.25, 0.3) is 5.89 Å². The molecule has 0 bridgehead atoms. The Kier molecular flexibility index (Phi) is 3.72. The summed E-state index contributed by atoms with van der Waals surface area (Å²) < 4.78 is 5.47. The molecule has 1 aliphatic rings. The molecule has 6 nitrogen and oxygen atoms in total. The Hall–Kier alpha value is -2.76. The molecule has 0 spiro atoms. The van der Waals surface area contributed by atoms with E-state index < -0.39 is 0 Å². The summed E-state index contributed by atoms with van der Waals surface area (Å²) in [6.07, 6.45) is 6.60. The first kappa shape index (κ1) is 14.8. The summed E-state index contributed by atoms with van der Waals surface area (Å²) in [7, 11) is 0. The largest absolute Gasteiger partial charge is 0.369 e. The van der Waals surface area contributed by atoms with Gasteiger partial charge in [0.2, 0.25) is 0 Å². The van der Waals surface area contributed by atoms with E-state index in [-0.39, 0.29) is 5.41 Å². The van der Waals surface area contributed by atoms with Crippen LogP contribution in [0.4, 0.5) is 5.82 Å². The third kappa shape index (κ3) is 2.44. The second-order valence-corrected chi connectivity index (χ2v) is 6.04. The minimum atomic E-state index is -0.125. The van der Waals surface area contributed by atoms with Crippen LogP contribution in [-0.4, -0.2) is 26.7 Å². The van der Waals surface area contributed by atoms with E-state index in [9.17, 15) is 0 Å². The van der Waals surface area contributed by atoms with Gasteiger partial charge >= 0.3 is 0 Å². The molecule has 0 radical (unpaired) electrons. The van der Waals surface area contributed by atoms with Gasteiger partial charge in [-0.05, 0) is 25.3 Å². The second-order valence-electron chi connectivity index (χ2n) is 6.04. The Morgan fingerprint density at radius 1 is 1.12 bits per heavy atom. The molecule has 0 unspecified atom stereocenters. The molecule has 0 aliphatic heterocycles. The molecule has 0 atom stereocenters. The molecule has 2 heterocycles. The van der Waals surface area contributed by atoms with Crippen molar-refractivity contribution in [1.29, 1.82) is 0 Å². The Balaban J connectivity index is 1.64. The highest BCUT2D eigenvalue weighted by Crippen LogP contribution is 2.47. The zero-order valence-electron chi connectivity index (χ0n) is 13.6. The van der Waals surface area contributed by atoms with Crippen LogP contribution in [-0.2, 0) is 5.41 Å². The number of nitrogens with zero attached hydrogens (tertiary/aromatic N) is 4. The second kappa shape index (κ2) is 6.03. The van der Waals surface area contributed by atoms with E-state index in [1.54, 1.807) is 12.4 Å². The van der Waals surface area contributed by atoms with Crippen LogP contribution in [0, 0.1) is 0 Å². The van der Waals surface area contributed by atoms with Crippen LogP contribution in [0.25, 0.3) is 11.6 Å². The summed E-state index contributed by atoms with van der Waals surface area (Å²) in [6, 6.07) is 10.4. The summed E-state index contributed by atoms with van der Waals surface area (Å²) >= 11 is 0. The van der Waals surface area contributed by atoms with Crippen LogP contribution in [0.1, 0.15) is 37.6 Å². The van der Waals surface area contributed by atoms with Crippen LogP contribution in [0.5, 0.6) is 0 Å². The highest BCUT2D eigenvalue weighted by atomic mass is 16.5. The number of hydrogen-bond acceptors (Lipinski definition) is 6. The van der Waals surface area contributed by atoms with Crippen molar-refractivity contribution in [3.8, 4) is 11.6 Å². The van der Waals surface area contributed by atoms with Crippen molar-refractivity contribution >= 4 is 5.82 Å². The fraction of sp³-hybridized carbons (Fsp3) is 0.333. The van der Waals surface area contributed by atoms with Gasteiger partial charge in [-0.3, -0.25) is 0 Å². The summed E-state index contributed by atoms with van der Waals surface area (Å²) in [5.74, 6) is 1.90. The summed E-state index contributed by atoms with van der Waals surface area (Å²) in [5, 5.41) is 7.37. The smallest absolute Gasteiger partial charge is 0.278 e. The number of rotatable bonds is 5. The fourth-order valence-corrected chi connectivity index (χ4v) is 3.16. The molecule has 3 aromatic rings. The zero-order chi connectivity index (χ0) is 16.4. The fourth-order valence-electron chi connectivity index (χ4n) is 3.16. The van der Waals surface area contributed by atoms with Gasteiger partial charge in [0, 0.05) is 6.54 Å². The van der Waals surface area contributed by atoms with Gasteiger partial charge in [-0.25, -0.2) is 9.97 Å². The number of benzene rings is 1. The lowest BCUT2D eigenvalue weighted by Gasteiger charge is -2.39. The molecule has 122 valence electrons. The van der Waals surface area contributed by atoms with Crippen molar-refractivity contribution in [3.05, 3.63) is 54.1 Å². The van der Waals surface area contributed by atoms with Crippen LogP contribution >= 0.6 is 0 Å². The van der Waals surface area contributed by atoms with Crippen LogP contribution in [0.15, 0.2) is 47.2 Å². The van der Waals surface area contributed by atoms with E-state index >= 15 is 0 Å². The van der Waals surface area contributed by atoms with E-state index in [1.807, 2.05) is 13.0 Å². The summed E-state index contributed by atoms with van der Waals surface area (Å²) in [5.41, 5.74) is 1.72. The molecule has 0 amide bonds. The van der Waals surface area contributed by atoms with Gasteiger partial charge in [-0.15, -0.1) is 0 Å². The molecular weight excluding hydrogens is 302 g/mol. The first-order valence-corrected chi connectivity index (χ1v) is 8.28. The molecule has 2 aromatic heterocycles. The lowest BCUT2D eigenvalue weighted by atomic mass is 9.64. The molecule has 6 heteroatoms. The van der Waals surface area contributed by atoms with E-state index in [0.29, 0.717) is 11.6 Å². The van der Waals surface area contributed by atoms with Crippen LogP contribution in [0.2, 0.25) is 0 Å².